The lowest BCUT2D eigenvalue weighted by molar-refractivity contribution is -0.111. The Morgan fingerprint density at radius 3 is 2.12 bits per heavy atom. The van der Waals surface area contributed by atoms with Gasteiger partial charge in [-0.1, -0.05) is 12.1 Å². The number of rotatable bonds is 6. The summed E-state index contributed by atoms with van der Waals surface area (Å²) in [5.74, 6) is 1.75. The molecule has 0 bridgehead atoms. The number of benzene rings is 2. The standard InChI is InChI=1S/C19H21NO4/c1-13(14-5-7-15(22-2)8-6-14)11-19(21)20-17-10-9-16(23-3)12-18(17)24-4/h5-12H,1-4H3,(H,20,21)/b13-11+. The molecular formula is C19H21NO4. The molecule has 0 aliphatic carbocycles. The van der Waals surface area contributed by atoms with Crippen molar-refractivity contribution in [3.8, 4) is 17.2 Å². The minimum Gasteiger partial charge on any atom is -0.497 e. The zero-order chi connectivity index (χ0) is 17.5. The molecule has 2 aromatic carbocycles. The number of hydrogen-bond acceptors (Lipinski definition) is 4. The highest BCUT2D eigenvalue weighted by atomic mass is 16.5. The Hall–Kier alpha value is -2.95. The smallest absolute Gasteiger partial charge is 0.248 e. The van der Waals surface area contributed by atoms with Crippen molar-refractivity contribution in [3.05, 3.63) is 54.1 Å². The number of hydrogen-bond donors (Lipinski definition) is 1. The third kappa shape index (κ3) is 4.29. The Bertz CT molecular complexity index is 736. The maximum absolute atomic E-state index is 12.2. The first-order valence-corrected chi connectivity index (χ1v) is 7.43. The van der Waals surface area contributed by atoms with Crippen LogP contribution in [0.2, 0.25) is 0 Å². The van der Waals surface area contributed by atoms with Gasteiger partial charge in [0.05, 0.1) is 27.0 Å². The van der Waals surface area contributed by atoms with Crippen LogP contribution in [0.3, 0.4) is 0 Å². The second-order valence-corrected chi connectivity index (χ2v) is 5.11. The summed E-state index contributed by atoms with van der Waals surface area (Å²) in [6.45, 7) is 1.88. The fourth-order valence-electron chi connectivity index (χ4n) is 2.20. The first-order chi connectivity index (χ1) is 11.6. The van der Waals surface area contributed by atoms with Crippen molar-refractivity contribution in [2.45, 2.75) is 6.92 Å². The predicted molar refractivity (Wildman–Crippen MR) is 94.8 cm³/mol. The van der Waals surface area contributed by atoms with Crippen molar-refractivity contribution < 1.29 is 19.0 Å². The van der Waals surface area contributed by atoms with Crippen LogP contribution in [-0.4, -0.2) is 27.2 Å². The molecule has 0 aromatic heterocycles. The van der Waals surface area contributed by atoms with Gasteiger partial charge < -0.3 is 19.5 Å². The van der Waals surface area contributed by atoms with Crippen LogP contribution >= 0.6 is 0 Å². The largest absolute Gasteiger partial charge is 0.497 e. The monoisotopic (exact) mass is 327 g/mol. The molecule has 0 atom stereocenters. The second-order valence-electron chi connectivity index (χ2n) is 5.11. The van der Waals surface area contributed by atoms with E-state index in [1.54, 1.807) is 45.6 Å². The third-order valence-electron chi connectivity index (χ3n) is 3.56. The lowest BCUT2D eigenvalue weighted by atomic mass is 10.1. The highest BCUT2D eigenvalue weighted by Crippen LogP contribution is 2.29. The van der Waals surface area contributed by atoms with Gasteiger partial charge in [-0.15, -0.1) is 0 Å². The third-order valence-corrected chi connectivity index (χ3v) is 3.56. The van der Waals surface area contributed by atoms with E-state index in [0.29, 0.717) is 17.2 Å². The van der Waals surface area contributed by atoms with Gasteiger partial charge in [0.2, 0.25) is 5.91 Å². The van der Waals surface area contributed by atoms with Gasteiger partial charge >= 0.3 is 0 Å². The molecule has 5 nitrogen and oxygen atoms in total. The molecule has 2 rings (SSSR count). The van der Waals surface area contributed by atoms with E-state index in [9.17, 15) is 4.79 Å². The normalized spacial score (nSPS) is 10.9. The fraction of sp³-hybridized carbons (Fsp3) is 0.211. The summed E-state index contributed by atoms with van der Waals surface area (Å²) in [7, 11) is 4.74. The van der Waals surface area contributed by atoms with Gasteiger partial charge in [0.25, 0.3) is 0 Å². The fourth-order valence-corrected chi connectivity index (χ4v) is 2.20. The molecule has 2 aromatic rings. The molecule has 0 saturated heterocycles. The van der Waals surface area contributed by atoms with Crippen LogP contribution in [0.5, 0.6) is 17.2 Å². The highest BCUT2D eigenvalue weighted by Gasteiger charge is 2.08. The van der Waals surface area contributed by atoms with Gasteiger partial charge in [0, 0.05) is 12.1 Å². The SMILES string of the molecule is COc1ccc(/C(C)=C/C(=O)Nc2ccc(OC)cc2OC)cc1. The van der Waals surface area contributed by atoms with Crippen LogP contribution in [0, 0.1) is 0 Å². The second kappa shape index (κ2) is 8.06. The summed E-state index contributed by atoms with van der Waals surface area (Å²) in [5.41, 5.74) is 2.39. The summed E-state index contributed by atoms with van der Waals surface area (Å²) in [5, 5.41) is 2.82. The highest BCUT2D eigenvalue weighted by molar-refractivity contribution is 6.04. The average Bonchev–Trinajstić information content (AvgIpc) is 2.61. The zero-order valence-electron chi connectivity index (χ0n) is 14.3. The number of carbonyl (C=O) groups excluding carboxylic acids is 1. The maximum atomic E-state index is 12.2. The van der Waals surface area contributed by atoms with E-state index < -0.39 is 0 Å². The average molecular weight is 327 g/mol. The van der Waals surface area contributed by atoms with Crippen LogP contribution in [-0.2, 0) is 4.79 Å². The predicted octanol–water partition coefficient (Wildman–Crippen LogP) is 3.75. The molecular weight excluding hydrogens is 306 g/mol. The first-order valence-electron chi connectivity index (χ1n) is 7.43. The van der Waals surface area contributed by atoms with Crippen molar-refractivity contribution in [2.24, 2.45) is 0 Å². The Balaban J connectivity index is 2.14. The molecule has 0 fully saturated rings. The number of methoxy groups -OCH3 is 3. The summed E-state index contributed by atoms with van der Waals surface area (Å²) >= 11 is 0. The van der Waals surface area contributed by atoms with Crippen LogP contribution in [0.4, 0.5) is 5.69 Å². The summed E-state index contributed by atoms with van der Waals surface area (Å²) in [6.07, 6.45) is 1.55. The molecule has 0 saturated carbocycles. The van der Waals surface area contributed by atoms with Crippen LogP contribution in [0.25, 0.3) is 5.57 Å². The lowest BCUT2D eigenvalue weighted by Gasteiger charge is -2.11. The topological polar surface area (TPSA) is 56.8 Å². The van der Waals surface area contributed by atoms with Crippen LogP contribution in [0.1, 0.15) is 12.5 Å². The number of allylic oxidation sites excluding steroid dienone is 1. The molecule has 24 heavy (non-hydrogen) atoms. The molecule has 1 N–H and O–H groups in total. The van der Waals surface area contributed by atoms with Gasteiger partial charge in [-0.25, -0.2) is 0 Å². The lowest BCUT2D eigenvalue weighted by Crippen LogP contribution is -2.09. The summed E-state index contributed by atoms with van der Waals surface area (Å²) in [6, 6.07) is 12.8. The maximum Gasteiger partial charge on any atom is 0.248 e. The minimum atomic E-state index is -0.230. The van der Waals surface area contributed by atoms with Crippen molar-refractivity contribution in [2.75, 3.05) is 26.6 Å². The quantitative estimate of drug-likeness (QED) is 0.821. The van der Waals surface area contributed by atoms with Crippen molar-refractivity contribution >= 4 is 17.2 Å². The van der Waals surface area contributed by atoms with Crippen LogP contribution < -0.4 is 19.5 Å². The molecule has 0 heterocycles. The van der Waals surface area contributed by atoms with Gasteiger partial charge in [-0.3, -0.25) is 4.79 Å². The van der Waals surface area contributed by atoms with E-state index in [2.05, 4.69) is 5.32 Å². The van der Waals surface area contributed by atoms with Crippen LogP contribution in [0.15, 0.2) is 48.5 Å². The van der Waals surface area contributed by atoms with E-state index >= 15 is 0 Å². The van der Waals surface area contributed by atoms with Crippen molar-refractivity contribution in [1.82, 2.24) is 0 Å². The van der Waals surface area contributed by atoms with E-state index in [-0.39, 0.29) is 5.91 Å². The van der Waals surface area contributed by atoms with Crippen molar-refractivity contribution in [1.29, 1.82) is 0 Å². The van der Waals surface area contributed by atoms with Gasteiger partial charge in [-0.05, 0) is 42.3 Å². The Kier molecular flexibility index (Phi) is 5.84. The number of ether oxygens (including phenoxy) is 3. The molecule has 126 valence electrons. The Labute approximate surface area is 141 Å². The minimum absolute atomic E-state index is 0.230. The number of nitrogens with one attached hydrogen (secondary N) is 1. The zero-order valence-corrected chi connectivity index (χ0v) is 14.3. The molecule has 0 radical (unpaired) electrons. The molecule has 5 heteroatoms. The Morgan fingerprint density at radius 2 is 1.54 bits per heavy atom. The number of carbonyl (C=O) groups is 1. The summed E-state index contributed by atoms with van der Waals surface area (Å²) < 4.78 is 15.5. The van der Waals surface area contributed by atoms with E-state index in [0.717, 1.165) is 16.9 Å². The number of anilines is 1. The molecule has 1 amide bonds. The Morgan fingerprint density at radius 1 is 0.917 bits per heavy atom. The molecule has 0 aliphatic rings. The van der Waals surface area contributed by atoms with Crippen molar-refractivity contribution in [3.63, 3.8) is 0 Å². The van der Waals surface area contributed by atoms with E-state index in [1.165, 1.54) is 0 Å². The van der Waals surface area contributed by atoms with Gasteiger partial charge in [0.1, 0.15) is 17.2 Å². The van der Waals surface area contributed by atoms with Gasteiger partial charge in [0.15, 0.2) is 0 Å². The summed E-state index contributed by atoms with van der Waals surface area (Å²) in [4.78, 5) is 12.2. The molecule has 0 unspecified atom stereocenters. The molecule has 0 aliphatic heterocycles. The molecule has 0 spiro atoms. The van der Waals surface area contributed by atoms with E-state index in [1.807, 2.05) is 31.2 Å². The first kappa shape index (κ1) is 17.4. The number of amides is 1. The van der Waals surface area contributed by atoms with E-state index in [4.69, 9.17) is 14.2 Å². The van der Waals surface area contributed by atoms with Gasteiger partial charge in [-0.2, -0.15) is 0 Å².